The van der Waals surface area contributed by atoms with Crippen molar-refractivity contribution in [3.05, 3.63) is 96.1 Å². The van der Waals surface area contributed by atoms with Crippen LogP contribution in [0.2, 0.25) is 0 Å². The molecule has 0 atom stereocenters. The summed E-state index contributed by atoms with van der Waals surface area (Å²) in [6.07, 6.45) is 0. The number of hydrogen-bond donors (Lipinski definition) is 0. The van der Waals surface area contributed by atoms with Gasteiger partial charge in [-0.15, -0.1) is 0 Å². The minimum atomic E-state index is -0.626. The Labute approximate surface area is 185 Å². The van der Waals surface area contributed by atoms with Gasteiger partial charge >= 0.3 is 11.9 Å². The molecule has 0 saturated heterocycles. The third kappa shape index (κ3) is 5.64. The molecule has 0 aromatic heterocycles. The van der Waals surface area contributed by atoms with Gasteiger partial charge < -0.3 is 9.47 Å². The van der Waals surface area contributed by atoms with E-state index in [9.17, 15) is 9.59 Å². The van der Waals surface area contributed by atoms with Crippen molar-refractivity contribution in [2.75, 3.05) is 6.61 Å². The summed E-state index contributed by atoms with van der Waals surface area (Å²) in [5.41, 5.74) is 1.93. The summed E-state index contributed by atoms with van der Waals surface area (Å²) >= 11 is 0. The molecule has 0 aliphatic carbocycles. The standard InChI is InChI=1S/C26H25O4S/c1-18(2)26(28)29-17-24(27)30-25-19(3)15-23(16-20(25)4)31(21-11-7-5-8-12-21)22-13-9-6-10-14-22/h5-16H,1,17H2,2-4H3/q+1. The van der Waals surface area contributed by atoms with Crippen molar-refractivity contribution >= 4 is 22.8 Å². The van der Waals surface area contributed by atoms with Crippen LogP contribution in [0.15, 0.2) is 99.6 Å². The van der Waals surface area contributed by atoms with Gasteiger partial charge in [-0.1, -0.05) is 43.0 Å². The fourth-order valence-electron chi connectivity index (χ4n) is 3.10. The highest BCUT2D eigenvalue weighted by Crippen LogP contribution is 2.35. The lowest BCUT2D eigenvalue weighted by atomic mass is 10.1. The SMILES string of the molecule is C=C(C)C(=O)OCC(=O)Oc1c(C)cc([S+](c2ccccc2)c2ccccc2)cc1C. The number of carbonyl (C=O) groups excluding carboxylic acids is 2. The Hall–Kier alpha value is -3.31. The summed E-state index contributed by atoms with van der Waals surface area (Å²) in [4.78, 5) is 27.2. The van der Waals surface area contributed by atoms with Gasteiger partial charge in [0.05, 0.1) is 10.9 Å². The molecule has 0 saturated carbocycles. The van der Waals surface area contributed by atoms with Crippen molar-refractivity contribution in [1.82, 2.24) is 0 Å². The number of esters is 2. The van der Waals surface area contributed by atoms with E-state index in [0.717, 1.165) is 16.0 Å². The largest absolute Gasteiger partial charge is 0.450 e. The molecule has 0 fully saturated rings. The molecule has 0 amide bonds. The van der Waals surface area contributed by atoms with Crippen LogP contribution in [0.4, 0.5) is 0 Å². The monoisotopic (exact) mass is 433 g/mol. The van der Waals surface area contributed by atoms with E-state index >= 15 is 0 Å². The summed E-state index contributed by atoms with van der Waals surface area (Å²) in [6, 6.07) is 24.8. The first-order valence-electron chi connectivity index (χ1n) is 9.85. The summed E-state index contributed by atoms with van der Waals surface area (Å²) < 4.78 is 10.4. The van der Waals surface area contributed by atoms with Crippen LogP contribution in [-0.4, -0.2) is 18.5 Å². The van der Waals surface area contributed by atoms with Crippen molar-refractivity contribution in [2.45, 2.75) is 35.5 Å². The fourth-order valence-corrected chi connectivity index (χ4v) is 5.37. The Morgan fingerprint density at radius 2 is 1.32 bits per heavy atom. The lowest BCUT2D eigenvalue weighted by Gasteiger charge is -2.14. The van der Waals surface area contributed by atoms with Crippen molar-refractivity contribution in [1.29, 1.82) is 0 Å². The maximum absolute atomic E-state index is 12.2. The highest BCUT2D eigenvalue weighted by atomic mass is 32.2. The van der Waals surface area contributed by atoms with Crippen molar-refractivity contribution in [2.24, 2.45) is 0 Å². The normalized spacial score (nSPS) is 10.6. The highest BCUT2D eigenvalue weighted by molar-refractivity contribution is 7.97. The molecule has 0 aliphatic rings. The van der Waals surface area contributed by atoms with Gasteiger partial charge in [0.2, 0.25) is 0 Å². The van der Waals surface area contributed by atoms with E-state index in [4.69, 9.17) is 9.47 Å². The second kappa shape index (κ2) is 10.1. The Balaban J connectivity index is 1.89. The molecule has 0 aliphatic heterocycles. The fraction of sp³-hybridized carbons (Fsp3) is 0.154. The average Bonchev–Trinajstić information content (AvgIpc) is 2.76. The van der Waals surface area contributed by atoms with E-state index in [1.165, 1.54) is 16.7 Å². The molecule has 0 heterocycles. The molecule has 4 nitrogen and oxygen atoms in total. The van der Waals surface area contributed by atoms with E-state index in [2.05, 4.69) is 43.0 Å². The van der Waals surface area contributed by atoms with Crippen LogP contribution >= 0.6 is 0 Å². The first-order chi connectivity index (χ1) is 14.9. The lowest BCUT2D eigenvalue weighted by Crippen LogP contribution is -2.20. The predicted octanol–water partition coefficient (Wildman–Crippen LogP) is 5.42. The Morgan fingerprint density at radius 3 is 1.77 bits per heavy atom. The van der Waals surface area contributed by atoms with Crippen molar-refractivity contribution < 1.29 is 19.1 Å². The zero-order valence-corrected chi connectivity index (χ0v) is 18.7. The number of rotatable bonds is 7. The average molecular weight is 434 g/mol. The van der Waals surface area contributed by atoms with Gasteiger partial charge in [0, 0.05) is 17.7 Å². The number of hydrogen-bond acceptors (Lipinski definition) is 4. The van der Waals surface area contributed by atoms with Crippen LogP contribution in [0.25, 0.3) is 0 Å². The molecular formula is C26H25O4S+. The van der Waals surface area contributed by atoms with E-state index < -0.39 is 18.5 Å². The zero-order valence-electron chi connectivity index (χ0n) is 17.9. The van der Waals surface area contributed by atoms with Gasteiger partial charge in [-0.05, 0) is 56.2 Å². The molecule has 0 unspecified atom stereocenters. The second-order valence-corrected chi connectivity index (χ2v) is 9.18. The molecular weight excluding hydrogens is 408 g/mol. The maximum Gasteiger partial charge on any atom is 0.349 e. The molecule has 0 radical (unpaired) electrons. The van der Waals surface area contributed by atoms with Gasteiger partial charge in [-0.2, -0.15) is 0 Å². The smallest absolute Gasteiger partial charge is 0.349 e. The minimum absolute atomic E-state index is 0.235. The van der Waals surface area contributed by atoms with Gasteiger partial charge in [0.1, 0.15) is 5.75 Å². The molecule has 5 heteroatoms. The first-order valence-corrected chi connectivity index (χ1v) is 11.1. The predicted molar refractivity (Wildman–Crippen MR) is 122 cm³/mol. The quantitative estimate of drug-likeness (QED) is 0.216. The van der Waals surface area contributed by atoms with Gasteiger partial charge in [-0.25, -0.2) is 9.59 Å². The topological polar surface area (TPSA) is 52.6 Å². The highest BCUT2D eigenvalue weighted by Gasteiger charge is 2.30. The molecule has 3 aromatic carbocycles. The molecule has 158 valence electrons. The summed E-state index contributed by atoms with van der Waals surface area (Å²) in [5.74, 6) is -0.751. The van der Waals surface area contributed by atoms with Gasteiger partial charge in [0.25, 0.3) is 0 Å². The Bertz CT molecular complexity index is 1030. The lowest BCUT2D eigenvalue weighted by molar-refractivity contribution is -0.150. The third-order valence-electron chi connectivity index (χ3n) is 4.51. The van der Waals surface area contributed by atoms with Crippen LogP contribution in [0.5, 0.6) is 5.75 Å². The Morgan fingerprint density at radius 1 is 0.839 bits per heavy atom. The van der Waals surface area contributed by atoms with Crippen molar-refractivity contribution in [3.8, 4) is 5.75 Å². The summed E-state index contributed by atoms with van der Waals surface area (Å²) in [7, 11) is -0.291. The van der Waals surface area contributed by atoms with E-state index in [0.29, 0.717) is 5.75 Å². The molecule has 0 bridgehead atoms. The van der Waals surface area contributed by atoms with Crippen LogP contribution in [0.3, 0.4) is 0 Å². The molecule has 0 spiro atoms. The summed E-state index contributed by atoms with van der Waals surface area (Å²) in [5, 5.41) is 0. The number of benzene rings is 3. The molecule has 3 aromatic rings. The molecule has 0 N–H and O–H groups in total. The number of aryl methyl sites for hydroxylation is 2. The first kappa shape index (κ1) is 22.4. The molecule has 3 rings (SSSR count). The minimum Gasteiger partial charge on any atom is -0.450 e. The van der Waals surface area contributed by atoms with Crippen LogP contribution in [0, 0.1) is 13.8 Å². The summed E-state index contributed by atoms with van der Waals surface area (Å²) in [6.45, 7) is 8.39. The molecule has 31 heavy (non-hydrogen) atoms. The third-order valence-corrected chi connectivity index (χ3v) is 6.71. The Kier molecular flexibility index (Phi) is 7.32. The number of ether oxygens (including phenoxy) is 2. The van der Waals surface area contributed by atoms with E-state index in [-0.39, 0.29) is 16.5 Å². The van der Waals surface area contributed by atoms with E-state index in [1.807, 2.05) is 50.2 Å². The maximum atomic E-state index is 12.2. The van der Waals surface area contributed by atoms with Crippen molar-refractivity contribution in [3.63, 3.8) is 0 Å². The van der Waals surface area contributed by atoms with Crippen LogP contribution in [0.1, 0.15) is 18.1 Å². The second-order valence-electron chi connectivity index (χ2n) is 7.15. The number of carbonyl (C=O) groups is 2. The van der Waals surface area contributed by atoms with Gasteiger partial charge in [-0.3, -0.25) is 0 Å². The van der Waals surface area contributed by atoms with Crippen LogP contribution in [-0.2, 0) is 25.2 Å². The van der Waals surface area contributed by atoms with Crippen LogP contribution < -0.4 is 4.74 Å². The van der Waals surface area contributed by atoms with E-state index in [1.54, 1.807) is 0 Å². The van der Waals surface area contributed by atoms with Gasteiger partial charge in [0.15, 0.2) is 21.3 Å². The zero-order chi connectivity index (χ0) is 22.4.